The standard InChI is InChI=1S/C11H11ClN4OS/c1-17-6-9-15-8(13)4-11(16-9)18-10-3-2-7(12)5-14-10/h2-5H,6H2,1H3,(H2,13,15,16). The van der Waals surface area contributed by atoms with Crippen LogP contribution in [0.3, 0.4) is 0 Å². The highest BCUT2D eigenvalue weighted by molar-refractivity contribution is 7.99. The van der Waals surface area contributed by atoms with Gasteiger partial charge in [-0.25, -0.2) is 15.0 Å². The quantitative estimate of drug-likeness (QED) is 0.868. The highest BCUT2D eigenvalue weighted by Crippen LogP contribution is 2.25. The van der Waals surface area contributed by atoms with E-state index in [1.807, 2.05) is 6.07 Å². The van der Waals surface area contributed by atoms with E-state index < -0.39 is 0 Å². The first kappa shape index (κ1) is 13.1. The number of nitrogens with two attached hydrogens (primary N) is 1. The minimum Gasteiger partial charge on any atom is -0.384 e. The van der Waals surface area contributed by atoms with E-state index in [2.05, 4.69) is 15.0 Å². The number of rotatable bonds is 4. The molecule has 5 nitrogen and oxygen atoms in total. The van der Waals surface area contributed by atoms with Crippen LogP contribution in [-0.2, 0) is 11.3 Å². The average Bonchev–Trinajstić information content (AvgIpc) is 2.32. The fraction of sp³-hybridized carbons (Fsp3) is 0.182. The number of nitrogen functional groups attached to an aromatic ring is 1. The Bertz CT molecular complexity index is 535. The first-order valence-electron chi connectivity index (χ1n) is 5.09. The number of aromatic nitrogens is 3. The van der Waals surface area contributed by atoms with Gasteiger partial charge in [-0.1, -0.05) is 11.6 Å². The molecule has 18 heavy (non-hydrogen) atoms. The molecular formula is C11H11ClN4OS. The number of hydrogen-bond donors (Lipinski definition) is 1. The Kier molecular flexibility index (Phi) is 4.35. The maximum absolute atomic E-state index is 5.77. The van der Waals surface area contributed by atoms with E-state index in [9.17, 15) is 0 Å². The van der Waals surface area contributed by atoms with Crippen molar-refractivity contribution in [3.05, 3.63) is 35.2 Å². The Morgan fingerprint density at radius 3 is 2.83 bits per heavy atom. The van der Waals surface area contributed by atoms with Gasteiger partial charge in [-0.15, -0.1) is 0 Å². The maximum Gasteiger partial charge on any atom is 0.157 e. The Balaban J connectivity index is 2.20. The van der Waals surface area contributed by atoms with Crippen molar-refractivity contribution in [2.75, 3.05) is 12.8 Å². The van der Waals surface area contributed by atoms with Crippen molar-refractivity contribution >= 4 is 29.2 Å². The first-order chi connectivity index (χ1) is 8.67. The van der Waals surface area contributed by atoms with Crippen LogP contribution in [0.4, 0.5) is 5.82 Å². The van der Waals surface area contributed by atoms with E-state index in [-0.39, 0.29) is 0 Å². The lowest BCUT2D eigenvalue weighted by Gasteiger charge is -2.04. The summed E-state index contributed by atoms with van der Waals surface area (Å²) in [5.74, 6) is 0.961. The molecular weight excluding hydrogens is 272 g/mol. The van der Waals surface area contributed by atoms with Crippen molar-refractivity contribution < 1.29 is 4.74 Å². The lowest BCUT2D eigenvalue weighted by atomic mass is 10.5. The zero-order valence-corrected chi connectivity index (χ0v) is 11.2. The number of nitrogens with zero attached hydrogens (tertiary/aromatic N) is 3. The van der Waals surface area contributed by atoms with Crippen LogP contribution >= 0.6 is 23.4 Å². The van der Waals surface area contributed by atoms with Crippen LogP contribution in [0.1, 0.15) is 5.82 Å². The predicted molar refractivity (Wildman–Crippen MR) is 70.5 cm³/mol. The summed E-state index contributed by atoms with van der Waals surface area (Å²) in [6.45, 7) is 0.326. The van der Waals surface area contributed by atoms with E-state index in [1.165, 1.54) is 11.8 Å². The maximum atomic E-state index is 5.77. The van der Waals surface area contributed by atoms with Crippen LogP contribution in [0.2, 0.25) is 5.02 Å². The van der Waals surface area contributed by atoms with E-state index >= 15 is 0 Å². The second-order valence-electron chi connectivity index (χ2n) is 3.40. The van der Waals surface area contributed by atoms with Gasteiger partial charge >= 0.3 is 0 Å². The highest BCUT2D eigenvalue weighted by Gasteiger charge is 2.05. The van der Waals surface area contributed by atoms with Gasteiger partial charge in [-0.3, -0.25) is 0 Å². The lowest BCUT2D eigenvalue weighted by molar-refractivity contribution is 0.177. The fourth-order valence-electron chi connectivity index (χ4n) is 1.27. The van der Waals surface area contributed by atoms with Gasteiger partial charge in [-0.2, -0.15) is 0 Å². The lowest BCUT2D eigenvalue weighted by Crippen LogP contribution is -2.01. The molecule has 2 N–H and O–H groups in total. The van der Waals surface area contributed by atoms with Gasteiger partial charge in [0.15, 0.2) is 5.82 Å². The topological polar surface area (TPSA) is 73.9 Å². The molecule has 0 saturated carbocycles. The summed E-state index contributed by atoms with van der Waals surface area (Å²) in [6, 6.07) is 5.29. The zero-order chi connectivity index (χ0) is 13.0. The molecule has 0 atom stereocenters. The SMILES string of the molecule is COCc1nc(N)cc(Sc2ccc(Cl)cn2)n1. The third kappa shape index (κ3) is 3.56. The minimum absolute atomic E-state index is 0.326. The monoisotopic (exact) mass is 282 g/mol. The molecule has 94 valence electrons. The van der Waals surface area contributed by atoms with E-state index in [0.717, 1.165) is 10.1 Å². The molecule has 0 radical (unpaired) electrons. The van der Waals surface area contributed by atoms with Gasteiger partial charge in [0.1, 0.15) is 22.5 Å². The van der Waals surface area contributed by atoms with Gasteiger partial charge < -0.3 is 10.5 Å². The highest BCUT2D eigenvalue weighted by atomic mass is 35.5. The van der Waals surface area contributed by atoms with E-state index in [4.69, 9.17) is 22.1 Å². The van der Waals surface area contributed by atoms with Crippen molar-refractivity contribution in [3.8, 4) is 0 Å². The normalized spacial score (nSPS) is 10.6. The number of anilines is 1. The van der Waals surface area contributed by atoms with Crippen molar-refractivity contribution in [1.82, 2.24) is 15.0 Å². The van der Waals surface area contributed by atoms with Crippen molar-refractivity contribution in [3.63, 3.8) is 0 Å². The van der Waals surface area contributed by atoms with E-state index in [1.54, 1.807) is 25.4 Å². The molecule has 0 aromatic carbocycles. The summed E-state index contributed by atoms with van der Waals surface area (Å²) in [4.78, 5) is 12.6. The number of hydrogen-bond acceptors (Lipinski definition) is 6. The number of methoxy groups -OCH3 is 1. The Hall–Kier alpha value is -1.37. The molecule has 0 aliphatic heterocycles. The van der Waals surface area contributed by atoms with Crippen LogP contribution in [0.5, 0.6) is 0 Å². The summed E-state index contributed by atoms with van der Waals surface area (Å²) in [5.41, 5.74) is 5.71. The van der Waals surface area contributed by atoms with Gasteiger partial charge in [0.05, 0.1) is 5.02 Å². The first-order valence-corrected chi connectivity index (χ1v) is 6.28. The molecule has 7 heteroatoms. The number of halogens is 1. The molecule has 0 amide bonds. The predicted octanol–water partition coefficient (Wildman–Crippen LogP) is 2.40. The number of ether oxygens (including phenoxy) is 1. The van der Waals surface area contributed by atoms with Gasteiger partial charge in [0.2, 0.25) is 0 Å². The Morgan fingerprint density at radius 1 is 1.33 bits per heavy atom. The molecule has 0 bridgehead atoms. The largest absolute Gasteiger partial charge is 0.384 e. The van der Waals surface area contributed by atoms with Crippen LogP contribution in [0, 0.1) is 0 Å². The molecule has 0 aliphatic rings. The smallest absolute Gasteiger partial charge is 0.157 e. The molecule has 0 aliphatic carbocycles. The van der Waals surface area contributed by atoms with Crippen LogP contribution in [-0.4, -0.2) is 22.1 Å². The second kappa shape index (κ2) is 5.99. The Morgan fingerprint density at radius 2 is 2.17 bits per heavy atom. The average molecular weight is 283 g/mol. The molecule has 0 fully saturated rings. The van der Waals surface area contributed by atoms with Crippen molar-refractivity contribution in [2.24, 2.45) is 0 Å². The summed E-state index contributed by atoms with van der Waals surface area (Å²) in [5, 5.41) is 2.12. The Labute approximate surface area is 114 Å². The molecule has 0 saturated heterocycles. The molecule has 2 aromatic rings. The summed E-state index contributed by atoms with van der Waals surface area (Å²) in [6.07, 6.45) is 1.59. The minimum atomic E-state index is 0.326. The van der Waals surface area contributed by atoms with Gasteiger partial charge in [0.25, 0.3) is 0 Å². The molecule has 2 aromatic heterocycles. The zero-order valence-electron chi connectivity index (χ0n) is 9.63. The molecule has 0 unspecified atom stereocenters. The molecule has 2 rings (SSSR count). The van der Waals surface area contributed by atoms with Crippen LogP contribution in [0.25, 0.3) is 0 Å². The molecule has 0 spiro atoms. The third-order valence-electron chi connectivity index (χ3n) is 1.95. The van der Waals surface area contributed by atoms with Crippen LogP contribution in [0.15, 0.2) is 34.4 Å². The van der Waals surface area contributed by atoms with Crippen molar-refractivity contribution in [1.29, 1.82) is 0 Å². The number of pyridine rings is 1. The summed E-state index contributed by atoms with van der Waals surface area (Å²) in [7, 11) is 1.58. The third-order valence-corrected chi connectivity index (χ3v) is 3.04. The fourth-order valence-corrected chi connectivity index (χ4v) is 2.17. The molecule has 2 heterocycles. The van der Waals surface area contributed by atoms with Gasteiger partial charge in [0, 0.05) is 19.4 Å². The second-order valence-corrected chi connectivity index (χ2v) is 4.87. The summed E-state index contributed by atoms with van der Waals surface area (Å²) >= 11 is 7.17. The van der Waals surface area contributed by atoms with E-state index in [0.29, 0.717) is 23.3 Å². The van der Waals surface area contributed by atoms with Crippen molar-refractivity contribution in [2.45, 2.75) is 16.7 Å². The van der Waals surface area contributed by atoms with Crippen LogP contribution < -0.4 is 5.73 Å². The summed E-state index contributed by atoms with van der Waals surface area (Å²) < 4.78 is 4.98. The van der Waals surface area contributed by atoms with Gasteiger partial charge in [-0.05, 0) is 23.9 Å².